The number of rotatable bonds is 6. The van der Waals surface area contributed by atoms with Gasteiger partial charge in [-0.15, -0.1) is 11.3 Å². The Labute approximate surface area is 116 Å². The SMILES string of the molecule is C=C(C)CNc1sc(C(=O)CC)c(N)c1C(=O)OC. The molecule has 1 heterocycles. The summed E-state index contributed by atoms with van der Waals surface area (Å²) in [4.78, 5) is 23.9. The van der Waals surface area contributed by atoms with Crippen molar-refractivity contribution >= 4 is 33.8 Å². The molecular formula is C13H18N2O3S. The van der Waals surface area contributed by atoms with E-state index < -0.39 is 5.97 Å². The van der Waals surface area contributed by atoms with Crippen molar-refractivity contribution in [1.82, 2.24) is 0 Å². The summed E-state index contributed by atoms with van der Waals surface area (Å²) in [5.74, 6) is -0.635. The second-order valence-electron chi connectivity index (χ2n) is 4.13. The zero-order valence-electron chi connectivity index (χ0n) is 11.3. The van der Waals surface area contributed by atoms with Crippen LogP contribution in [0.4, 0.5) is 10.7 Å². The molecule has 19 heavy (non-hydrogen) atoms. The first-order chi connectivity index (χ1) is 8.92. The van der Waals surface area contributed by atoms with E-state index in [0.717, 1.165) is 5.57 Å². The molecule has 0 amide bonds. The van der Waals surface area contributed by atoms with Gasteiger partial charge in [-0.2, -0.15) is 0 Å². The quantitative estimate of drug-likeness (QED) is 0.476. The number of nitrogen functional groups attached to an aromatic ring is 1. The Morgan fingerprint density at radius 3 is 2.58 bits per heavy atom. The lowest BCUT2D eigenvalue weighted by molar-refractivity contribution is 0.0603. The molecule has 0 saturated heterocycles. The van der Waals surface area contributed by atoms with E-state index in [9.17, 15) is 9.59 Å². The highest BCUT2D eigenvalue weighted by molar-refractivity contribution is 7.19. The zero-order chi connectivity index (χ0) is 14.6. The molecule has 1 aromatic heterocycles. The molecule has 0 aromatic carbocycles. The normalized spacial score (nSPS) is 10.1. The van der Waals surface area contributed by atoms with Gasteiger partial charge in [0.15, 0.2) is 5.78 Å². The fourth-order valence-corrected chi connectivity index (χ4v) is 2.59. The van der Waals surface area contributed by atoms with Crippen molar-refractivity contribution in [2.75, 3.05) is 24.7 Å². The summed E-state index contributed by atoms with van der Waals surface area (Å²) in [5, 5.41) is 3.60. The van der Waals surface area contributed by atoms with E-state index >= 15 is 0 Å². The van der Waals surface area contributed by atoms with Crippen molar-refractivity contribution in [2.24, 2.45) is 0 Å². The van der Waals surface area contributed by atoms with E-state index in [4.69, 9.17) is 10.5 Å². The number of nitrogens with one attached hydrogen (secondary N) is 1. The van der Waals surface area contributed by atoms with Gasteiger partial charge in [-0.1, -0.05) is 19.1 Å². The lowest BCUT2D eigenvalue weighted by atomic mass is 10.1. The Bertz CT molecular complexity index is 520. The van der Waals surface area contributed by atoms with Crippen LogP contribution in [0.15, 0.2) is 12.2 Å². The van der Waals surface area contributed by atoms with Gasteiger partial charge in [0.25, 0.3) is 0 Å². The van der Waals surface area contributed by atoms with Gasteiger partial charge in [-0.3, -0.25) is 4.79 Å². The lowest BCUT2D eigenvalue weighted by Gasteiger charge is -2.06. The van der Waals surface area contributed by atoms with Gasteiger partial charge in [0.2, 0.25) is 0 Å². The molecule has 1 aromatic rings. The molecule has 0 aliphatic carbocycles. The summed E-state index contributed by atoms with van der Waals surface area (Å²) in [6.07, 6.45) is 0.339. The first-order valence-corrected chi connectivity index (χ1v) is 6.66. The van der Waals surface area contributed by atoms with Gasteiger partial charge in [0.05, 0.1) is 17.7 Å². The lowest BCUT2D eigenvalue weighted by Crippen LogP contribution is -2.09. The average Bonchev–Trinajstić information content (AvgIpc) is 2.71. The monoisotopic (exact) mass is 282 g/mol. The first kappa shape index (κ1) is 15.2. The number of ether oxygens (including phenoxy) is 1. The number of thiophene rings is 1. The Hall–Kier alpha value is -1.82. The van der Waals surface area contributed by atoms with Crippen LogP contribution in [-0.4, -0.2) is 25.4 Å². The van der Waals surface area contributed by atoms with Crippen LogP contribution < -0.4 is 11.1 Å². The van der Waals surface area contributed by atoms with E-state index in [0.29, 0.717) is 22.8 Å². The average molecular weight is 282 g/mol. The van der Waals surface area contributed by atoms with E-state index in [2.05, 4.69) is 11.9 Å². The van der Waals surface area contributed by atoms with Gasteiger partial charge in [-0.25, -0.2) is 4.79 Å². The second-order valence-corrected chi connectivity index (χ2v) is 5.15. The zero-order valence-corrected chi connectivity index (χ0v) is 12.1. The number of anilines is 2. The highest BCUT2D eigenvalue weighted by Crippen LogP contribution is 2.37. The number of hydrogen-bond donors (Lipinski definition) is 2. The number of Topliss-reactive ketones (excluding diaryl/α,β-unsaturated/α-hetero) is 1. The van der Waals surface area contributed by atoms with E-state index in [1.165, 1.54) is 18.4 Å². The summed E-state index contributed by atoms with van der Waals surface area (Å²) in [7, 11) is 1.28. The van der Waals surface area contributed by atoms with Crippen molar-refractivity contribution in [3.63, 3.8) is 0 Å². The van der Waals surface area contributed by atoms with Gasteiger partial charge >= 0.3 is 5.97 Å². The smallest absolute Gasteiger partial charge is 0.343 e. The largest absolute Gasteiger partial charge is 0.465 e. The third-order valence-electron chi connectivity index (χ3n) is 2.46. The first-order valence-electron chi connectivity index (χ1n) is 5.84. The van der Waals surface area contributed by atoms with Crippen LogP contribution >= 0.6 is 11.3 Å². The molecule has 1 rings (SSSR count). The number of nitrogens with two attached hydrogens (primary N) is 1. The van der Waals surface area contributed by atoms with Crippen molar-refractivity contribution in [3.8, 4) is 0 Å². The summed E-state index contributed by atoms with van der Waals surface area (Å²) in [6.45, 7) is 7.89. The molecule has 3 N–H and O–H groups in total. The van der Waals surface area contributed by atoms with E-state index in [1.807, 2.05) is 6.92 Å². The molecule has 0 bridgehead atoms. The fraction of sp³-hybridized carbons (Fsp3) is 0.385. The van der Waals surface area contributed by atoms with Gasteiger partial charge in [0.1, 0.15) is 10.6 Å². The number of esters is 1. The summed E-state index contributed by atoms with van der Waals surface area (Å²) in [5.41, 5.74) is 7.21. The molecule has 0 spiro atoms. The van der Waals surface area contributed by atoms with Gasteiger partial charge in [-0.05, 0) is 6.92 Å². The topological polar surface area (TPSA) is 81.4 Å². The molecular weight excluding hydrogens is 264 g/mol. The summed E-state index contributed by atoms with van der Waals surface area (Å²) >= 11 is 1.18. The molecule has 0 aliphatic heterocycles. The molecule has 0 saturated carbocycles. The summed E-state index contributed by atoms with van der Waals surface area (Å²) < 4.78 is 4.71. The van der Waals surface area contributed by atoms with Crippen LogP contribution in [0.2, 0.25) is 0 Å². The maximum absolute atomic E-state index is 11.8. The van der Waals surface area contributed by atoms with Crippen LogP contribution in [-0.2, 0) is 4.74 Å². The molecule has 104 valence electrons. The summed E-state index contributed by atoms with van der Waals surface area (Å²) in [6, 6.07) is 0. The van der Waals surface area contributed by atoms with Crippen molar-refractivity contribution in [3.05, 3.63) is 22.6 Å². The van der Waals surface area contributed by atoms with Crippen LogP contribution in [0, 0.1) is 0 Å². The van der Waals surface area contributed by atoms with Crippen molar-refractivity contribution in [2.45, 2.75) is 20.3 Å². The Morgan fingerprint density at radius 2 is 2.11 bits per heavy atom. The molecule has 0 unspecified atom stereocenters. The predicted molar refractivity (Wildman–Crippen MR) is 78.0 cm³/mol. The Kier molecular flexibility index (Phi) is 5.11. The minimum absolute atomic E-state index is 0.0870. The van der Waals surface area contributed by atoms with Crippen LogP contribution in [0.25, 0.3) is 0 Å². The maximum Gasteiger partial charge on any atom is 0.343 e. The number of methoxy groups -OCH3 is 1. The molecule has 6 heteroatoms. The number of hydrogen-bond acceptors (Lipinski definition) is 6. The molecule has 0 radical (unpaired) electrons. The predicted octanol–water partition coefficient (Wildman–Crippen LogP) is 2.70. The third kappa shape index (κ3) is 3.35. The molecule has 5 nitrogen and oxygen atoms in total. The third-order valence-corrected chi connectivity index (χ3v) is 3.66. The van der Waals surface area contributed by atoms with Gasteiger partial charge in [0, 0.05) is 13.0 Å². The van der Waals surface area contributed by atoms with E-state index in [1.54, 1.807) is 6.92 Å². The highest BCUT2D eigenvalue weighted by Gasteiger charge is 2.25. The standard InChI is InChI=1S/C13H18N2O3S/c1-5-8(16)11-10(14)9(13(17)18-4)12(19-11)15-6-7(2)3/h15H,2,5-6,14H2,1,3-4H3. The minimum atomic E-state index is -0.548. The Balaban J connectivity index is 3.23. The highest BCUT2D eigenvalue weighted by atomic mass is 32.1. The van der Waals surface area contributed by atoms with E-state index in [-0.39, 0.29) is 17.0 Å². The van der Waals surface area contributed by atoms with Crippen LogP contribution in [0.1, 0.15) is 40.3 Å². The van der Waals surface area contributed by atoms with Crippen molar-refractivity contribution in [1.29, 1.82) is 0 Å². The maximum atomic E-state index is 11.8. The van der Waals surface area contributed by atoms with Crippen LogP contribution in [0.5, 0.6) is 0 Å². The number of ketones is 1. The number of carbonyl (C=O) groups excluding carboxylic acids is 2. The minimum Gasteiger partial charge on any atom is -0.465 e. The van der Waals surface area contributed by atoms with Crippen LogP contribution in [0.3, 0.4) is 0 Å². The van der Waals surface area contributed by atoms with Crippen molar-refractivity contribution < 1.29 is 14.3 Å². The number of carbonyl (C=O) groups is 2. The molecule has 0 atom stereocenters. The van der Waals surface area contributed by atoms with Gasteiger partial charge < -0.3 is 15.8 Å². The Morgan fingerprint density at radius 1 is 1.47 bits per heavy atom. The molecule has 0 fully saturated rings. The fourth-order valence-electron chi connectivity index (χ4n) is 1.47. The molecule has 0 aliphatic rings. The second kappa shape index (κ2) is 6.38.